The van der Waals surface area contributed by atoms with Crippen LogP contribution in [0.3, 0.4) is 0 Å². The molecule has 78 valence electrons. The van der Waals surface area contributed by atoms with E-state index in [1.165, 1.54) is 17.2 Å². The first kappa shape index (κ1) is 8.72. The molecular weight excluding hydrogens is 208 g/mol. The SMILES string of the molecule is c1cnc2c(c1)nnn2Oc1cnccn1. The van der Waals surface area contributed by atoms with Gasteiger partial charge in [-0.2, -0.15) is 0 Å². The fraction of sp³-hybridized carbons (Fsp3) is 0. The minimum Gasteiger partial charge on any atom is -0.332 e. The molecule has 7 heteroatoms. The molecule has 3 aromatic rings. The number of nitrogens with zero attached hydrogens (tertiary/aromatic N) is 6. The summed E-state index contributed by atoms with van der Waals surface area (Å²) in [7, 11) is 0. The molecule has 0 aliphatic rings. The van der Waals surface area contributed by atoms with Crippen LogP contribution in [0.15, 0.2) is 36.9 Å². The van der Waals surface area contributed by atoms with Crippen LogP contribution >= 0.6 is 0 Å². The summed E-state index contributed by atoms with van der Waals surface area (Å²) in [6.45, 7) is 0. The third kappa shape index (κ3) is 1.44. The van der Waals surface area contributed by atoms with Crippen molar-refractivity contribution in [3.63, 3.8) is 0 Å². The second-order valence-corrected chi connectivity index (χ2v) is 2.94. The Morgan fingerprint density at radius 1 is 1.12 bits per heavy atom. The fourth-order valence-corrected chi connectivity index (χ4v) is 1.23. The Morgan fingerprint density at radius 2 is 2.12 bits per heavy atom. The van der Waals surface area contributed by atoms with Gasteiger partial charge in [-0.15, -0.1) is 5.10 Å². The normalized spacial score (nSPS) is 10.5. The highest BCUT2D eigenvalue weighted by atomic mass is 16.7. The van der Waals surface area contributed by atoms with Crippen molar-refractivity contribution >= 4 is 11.2 Å². The Bertz CT molecular complexity index is 607. The first-order valence-corrected chi connectivity index (χ1v) is 4.54. The van der Waals surface area contributed by atoms with Gasteiger partial charge >= 0.3 is 0 Å². The number of rotatable bonds is 2. The van der Waals surface area contributed by atoms with E-state index < -0.39 is 0 Å². The Labute approximate surface area is 89.7 Å². The average Bonchev–Trinajstić information content (AvgIpc) is 2.74. The maximum atomic E-state index is 5.34. The van der Waals surface area contributed by atoms with Crippen LogP contribution in [0, 0.1) is 0 Å². The van der Waals surface area contributed by atoms with Gasteiger partial charge in [0.2, 0.25) is 5.65 Å². The molecule has 7 nitrogen and oxygen atoms in total. The van der Waals surface area contributed by atoms with E-state index in [0.29, 0.717) is 17.0 Å². The van der Waals surface area contributed by atoms with E-state index in [1.54, 1.807) is 24.5 Å². The molecular formula is C9H6N6O. The summed E-state index contributed by atoms with van der Waals surface area (Å²) in [6.07, 6.45) is 6.21. The maximum absolute atomic E-state index is 5.34. The smallest absolute Gasteiger partial charge is 0.267 e. The lowest BCUT2D eigenvalue weighted by atomic mass is 10.4. The van der Waals surface area contributed by atoms with Crippen molar-refractivity contribution < 1.29 is 4.84 Å². The van der Waals surface area contributed by atoms with Crippen LogP contribution < -0.4 is 4.84 Å². The summed E-state index contributed by atoms with van der Waals surface area (Å²) in [6, 6.07) is 3.58. The van der Waals surface area contributed by atoms with Gasteiger partial charge in [-0.25, -0.2) is 9.97 Å². The molecule has 0 saturated carbocycles. The minimum absolute atomic E-state index is 0.333. The van der Waals surface area contributed by atoms with Crippen LogP contribution in [0.1, 0.15) is 0 Å². The summed E-state index contributed by atoms with van der Waals surface area (Å²) in [5.41, 5.74) is 1.19. The second kappa shape index (κ2) is 3.54. The van der Waals surface area contributed by atoms with Crippen molar-refractivity contribution in [1.82, 2.24) is 30.1 Å². The van der Waals surface area contributed by atoms with Crippen molar-refractivity contribution in [2.75, 3.05) is 0 Å². The average molecular weight is 214 g/mol. The Morgan fingerprint density at radius 3 is 3.00 bits per heavy atom. The largest absolute Gasteiger partial charge is 0.332 e. The monoisotopic (exact) mass is 214 g/mol. The second-order valence-electron chi connectivity index (χ2n) is 2.94. The molecule has 0 amide bonds. The van der Waals surface area contributed by atoms with Crippen molar-refractivity contribution in [3.05, 3.63) is 36.9 Å². The van der Waals surface area contributed by atoms with Crippen LogP contribution in [0.5, 0.6) is 5.88 Å². The number of hydrogen-bond donors (Lipinski definition) is 0. The first-order chi connectivity index (χ1) is 7.93. The van der Waals surface area contributed by atoms with E-state index in [-0.39, 0.29) is 0 Å². The molecule has 0 atom stereocenters. The molecule has 0 aromatic carbocycles. The van der Waals surface area contributed by atoms with Crippen molar-refractivity contribution in [3.8, 4) is 5.88 Å². The van der Waals surface area contributed by atoms with Gasteiger partial charge in [0.1, 0.15) is 5.52 Å². The zero-order chi connectivity index (χ0) is 10.8. The van der Waals surface area contributed by atoms with Crippen LogP contribution in [0.2, 0.25) is 0 Å². The maximum Gasteiger partial charge on any atom is 0.267 e. The zero-order valence-electron chi connectivity index (χ0n) is 8.06. The van der Waals surface area contributed by atoms with Gasteiger partial charge in [0, 0.05) is 18.6 Å². The molecule has 3 aromatic heterocycles. The molecule has 0 radical (unpaired) electrons. The van der Waals surface area contributed by atoms with Gasteiger partial charge in [-0.1, -0.05) is 4.85 Å². The number of aromatic nitrogens is 6. The van der Waals surface area contributed by atoms with Gasteiger partial charge in [-0.3, -0.25) is 4.98 Å². The van der Waals surface area contributed by atoms with Gasteiger partial charge in [0.05, 0.1) is 6.20 Å². The number of pyridine rings is 1. The summed E-state index contributed by atoms with van der Waals surface area (Å²) in [4.78, 5) is 18.5. The van der Waals surface area contributed by atoms with E-state index in [1.807, 2.05) is 0 Å². The summed E-state index contributed by atoms with van der Waals surface area (Å²) >= 11 is 0. The summed E-state index contributed by atoms with van der Waals surface area (Å²) in [5, 5.41) is 7.70. The Kier molecular flexibility index (Phi) is 1.93. The first-order valence-electron chi connectivity index (χ1n) is 4.54. The van der Waals surface area contributed by atoms with Crippen LogP contribution in [-0.2, 0) is 0 Å². The Balaban J connectivity index is 2.01. The number of hydrogen-bond acceptors (Lipinski definition) is 6. The van der Waals surface area contributed by atoms with Crippen LogP contribution in [0.25, 0.3) is 11.2 Å². The quantitative estimate of drug-likeness (QED) is 0.616. The highest BCUT2D eigenvalue weighted by molar-refractivity contribution is 5.68. The summed E-state index contributed by atoms with van der Waals surface area (Å²) < 4.78 is 0. The van der Waals surface area contributed by atoms with E-state index in [0.717, 1.165) is 0 Å². The molecule has 0 spiro atoms. The highest BCUT2D eigenvalue weighted by Crippen LogP contribution is 2.08. The molecule has 0 N–H and O–H groups in total. The predicted molar refractivity (Wildman–Crippen MR) is 53.4 cm³/mol. The van der Waals surface area contributed by atoms with Crippen molar-refractivity contribution in [1.29, 1.82) is 0 Å². The molecule has 3 heterocycles. The lowest BCUT2D eigenvalue weighted by Crippen LogP contribution is -2.09. The van der Waals surface area contributed by atoms with Gasteiger partial charge < -0.3 is 4.84 Å². The van der Waals surface area contributed by atoms with E-state index in [4.69, 9.17) is 4.84 Å². The molecule has 0 bridgehead atoms. The minimum atomic E-state index is 0.333. The van der Waals surface area contributed by atoms with Gasteiger partial charge in [0.15, 0.2) is 0 Å². The third-order valence-electron chi connectivity index (χ3n) is 1.90. The predicted octanol–water partition coefficient (Wildman–Crippen LogP) is 0.458. The van der Waals surface area contributed by atoms with Gasteiger partial charge in [0.25, 0.3) is 5.88 Å². The molecule has 0 fully saturated rings. The van der Waals surface area contributed by atoms with Crippen LogP contribution in [-0.4, -0.2) is 30.1 Å². The lowest BCUT2D eigenvalue weighted by molar-refractivity contribution is 0.173. The third-order valence-corrected chi connectivity index (χ3v) is 1.90. The molecule has 0 unspecified atom stereocenters. The highest BCUT2D eigenvalue weighted by Gasteiger charge is 2.06. The van der Waals surface area contributed by atoms with Gasteiger partial charge in [-0.05, 0) is 17.3 Å². The van der Waals surface area contributed by atoms with E-state index in [9.17, 15) is 0 Å². The lowest BCUT2D eigenvalue weighted by Gasteiger charge is -2.00. The molecule has 0 saturated heterocycles. The van der Waals surface area contributed by atoms with E-state index >= 15 is 0 Å². The zero-order valence-corrected chi connectivity index (χ0v) is 8.06. The number of fused-ring (bicyclic) bond motifs is 1. The van der Waals surface area contributed by atoms with Crippen LogP contribution in [0.4, 0.5) is 0 Å². The van der Waals surface area contributed by atoms with Crippen molar-refractivity contribution in [2.45, 2.75) is 0 Å². The molecule has 0 aliphatic carbocycles. The molecule has 0 aliphatic heterocycles. The van der Waals surface area contributed by atoms with Crippen molar-refractivity contribution in [2.24, 2.45) is 0 Å². The topological polar surface area (TPSA) is 78.6 Å². The molecule has 3 rings (SSSR count). The summed E-state index contributed by atoms with van der Waals surface area (Å²) in [5.74, 6) is 0.333. The van der Waals surface area contributed by atoms with E-state index in [2.05, 4.69) is 25.3 Å². The Hall–Kier alpha value is -2.57. The standard InChI is InChI=1S/C9H6N6O/c1-2-7-9(12-3-1)15(14-13-7)16-8-6-10-4-5-11-8/h1-6H. The fourth-order valence-electron chi connectivity index (χ4n) is 1.23. The molecule has 16 heavy (non-hydrogen) atoms.